The molecule has 0 saturated carbocycles. The summed E-state index contributed by atoms with van der Waals surface area (Å²) in [6, 6.07) is 2.91. The van der Waals surface area contributed by atoms with E-state index in [1.807, 2.05) is 0 Å². The fourth-order valence-corrected chi connectivity index (χ4v) is 3.92. The van der Waals surface area contributed by atoms with Gasteiger partial charge in [-0.05, 0) is 24.6 Å². The molecule has 1 aromatic carbocycles. The van der Waals surface area contributed by atoms with Crippen LogP contribution in [-0.2, 0) is 6.18 Å². The number of unbranched alkanes of at least 4 members (excludes halogenated alkanes) is 5. The SMILES string of the molecule is CCCCCCCCOc1ccc(-c2noc([C@@H]3[C@H](O)CC[N+]3=C(N)N)n2)cc1C(F)(F)F. The fraction of sp³-hybridized carbons (Fsp3) is 0.591. The first kappa shape index (κ1) is 24.8. The van der Waals surface area contributed by atoms with Crippen LogP contribution in [0.25, 0.3) is 11.4 Å². The Kier molecular flexibility index (Phi) is 8.17. The molecule has 1 aliphatic heterocycles. The van der Waals surface area contributed by atoms with Gasteiger partial charge in [0.05, 0.1) is 24.8 Å². The number of benzene rings is 1. The van der Waals surface area contributed by atoms with Crippen LogP contribution in [0.4, 0.5) is 13.2 Å². The summed E-state index contributed by atoms with van der Waals surface area (Å²) in [5.74, 6) is -0.248. The number of alkyl halides is 3. The van der Waals surface area contributed by atoms with Crippen LogP contribution in [-0.4, -0.2) is 45.0 Å². The standard InChI is InChI=1S/C22H30F3N5O3/c1-2-3-4-5-6-7-12-32-17-9-8-14(13-15(17)22(23,24)25)19-28-20(33-29-19)18-16(31)10-11-30(18)21(26)27/h8-9,13,16,18,31H,2-7,10-12H2,1H3,(H3,26,27)/p+1/t16-,18+/m1/s1. The Hall–Kier alpha value is -2.82. The summed E-state index contributed by atoms with van der Waals surface area (Å²) in [5, 5.41) is 14.0. The second-order valence-corrected chi connectivity index (χ2v) is 8.20. The van der Waals surface area contributed by atoms with Crippen LogP contribution >= 0.6 is 0 Å². The van der Waals surface area contributed by atoms with E-state index >= 15 is 0 Å². The van der Waals surface area contributed by atoms with Crippen molar-refractivity contribution in [3.63, 3.8) is 0 Å². The summed E-state index contributed by atoms with van der Waals surface area (Å²) in [4.78, 5) is 4.20. The van der Waals surface area contributed by atoms with Crippen LogP contribution in [0.2, 0.25) is 0 Å². The van der Waals surface area contributed by atoms with E-state index in [0.717, 1.165) is 38.2 Å². The average molecular weight is 471 g/mol. The molecule has 0 aliphatic carbocycles. The zero-order chi connectivity index (χ0) is 24.0. The predicted molar refractivity (Wildman–Crippen MR) is 115 cm³/mol. The van der Waals surface area contributed by atoms with Gasteiger partial charge in [-0.1, -0.05) is 44.2 Å². The van der Waals surface area contributed by atoms with E-state index in [4.69, 9.17) is 20.7 Å². The summed E-state index contributed by atoms with van der Waals surface area (Å²) in [7, 11) is 0. The van der Waals surface area contributed by atoms with Gasteiger partial charge < -0.3 is 14.4 Å². The lowest BCUT2D eigenvalue weighted by molar-refractivity contribution is -0.560. The number of rotatable bonds is 10. The normalized spacial score (nSPS) is 18.6. The summed E-state index contributed by atoms with van der Waals surface area (Å²) in [6.45, 7) is 2.74. The minimum atomic E-state index is -4.61. The second-order valence-electron chi connectivity index (χ2n) is 8.20. The topological polar surface area (TPSA) is 123 Å². The van der Waals surface area contributed by atoms with Gasteiger partial charge in [0, 0.05) is 12.0 Å². The van der Waals surface area contributed by atoms with Crippen molar-refractivity contribution in [3.05, 3.63) is 29.7 Å². The monoisotopic (exact) mass is 470 g/mol. The lowest BCUT2D eigenvalue weighted by atomic mass is 10.1. The van der Waals surface area contributed by atoms with Gasteiger partial charge in [0.25, 0.3) is 5.89 Å². The van der Waals surface area contributed by atoms with Crippen LogP contribution in [0.15, 0.2) is 22.7 Å². The van der Waals surface area contributed by atoms with Gasteiger partial charge in [0.15, 0.2) is 6.04 Å². The Balaban J connectivity index is 1.75. The third-order valence-corrected chi connectivity index (χ3v) is 5.69. The molecule has 2 aromatic rings. The number of aliphatic hydroxyl groups excluding tert-OH is 1. The number of guanidine groups is 1. The lowest BCUT2D eigenvalue weighted by Gasteiger charge is -2.15. The van der Waals surface area contributed by atoms with Crippen LogP contribution in [0.1, 0.15) is 69.4 Å². The van der Waals surface area contributed by atoms with E-state index in [9.17, 15) is 18.3 Å². The molecule has 3 rings (SSSR count). The molecule has 11 heteroatoms. The van der Waals surface area contributed by atoms with Crippen LogP contribution in [0.3, 0.4) is 0 Å². The average Bonchev–Trinajstić information content (AvgIpc) is 3.39. The molecule has 0 spiro atoms. The molecule has 1 aromatic heterocycles. The predicted octanol–water partition coefficient (Wildman–Crippen LogP) is 3.59. The summed E-state index contributed by atoms with van der Waals surface area (Å²) in [6.07, 6.45) is 1.01. The number of ether oxygens (including phenoxy) is 1. The zero-order valence-electron chi connectivity index (χ0n) is 18.6. The van der Waals surface area contributed by atoms with Gasteiger partial charge in [0.2, 0.25) is 5.82 Å². The maximum absolute atomic E-state index is 13.7. The molecule has 1 saturated heterocycles. The smallest absolute Gasteiger partial charge is 0.419 e. The molecule has 8 nitrogen and oxygen atoms in total. The van der Waals surface area contributed by atoms with Crippen molar-refractivity contribution in [3.8, 4) is 17.1 Å². The van der Waals surface area contributed by atoms with Crippen molar-refractivity contribution in [1.82, 2.24) is 10.1 Å². The Labute approximate surface area is 190 Å². The van der Waals surface area contributed by atoms with Gasteiger partial charge in [-0.2, -0.15) is 18.2 Å². The Morgan fingerprint density at radius 1 is 1.21 bits per heavy atom. The Morgan fingerprint density at radius 2 is 1.94 bits per heavy atom. The molecule has 1 aliphatic rings. The van der Waals surface area contributed by atoms with Gasteiger partial charge in [-0.25, -0.2) is 0 Å². The van der Waals surface area contributed by atoms with Gasteiger partial charge in [-0.3, -0.25) is 16.0 Å². The van der Waals surface area contributed by atoms with Gasteiger partial charge in [0.1, 0.15) is 5.75 Å². The van der Waals surface area contributed by atoms with Crippen molar-refractivity contribution >= 4 is 5.96 Å². The molecular formula is C22H31F3N5O3+. The van der Waals surface area contributed by atoms with Gasteiger partial charge in [-0.15, -0.1) is 0 Å². The number of hydrogen-bond acceptors (Lipinski definition) is 5. The third kappa shape index (κ3) is 6.16. The molecule has 2 heterocycles. The van der Waals surface area contributed by atoms with Crippen LogP contribution in [0, 0.1) is 0 Å². The second kappa shape index (κ2) is 10.9. The molecule has 5 N–H and O–H groups in total. The number of hydrogen-bond donors (Lipinski definition) is 3. The van der Waals surface area contributed by atoms with Crippen molar-refractivity contribution in [2.75, 3.05) is 13.2 Å². The number of aromatic nitrogens is 2. The van der Waals surface area contributed by atoms with E-state index in [1.54, 1.807) is 0 Å². The summed E-state index contributed by atoms with van der Waals surface area (Å²) >= 11 is 0. The third-order valence-electron chi connectivity index (χ3n) is 5.69. The molecule has 182 valence electrons. The number of nitrogens with zero attached hydrogens (tertiary/aromatic N) is 3. The highest BCUT2D eigenvalue weighted by molar-refractivity contribution is 5.70. The van der Waals surface area contributed by atoms with Gasteiger partial charge >= 0.3 is 12.1 Å². The molecule has 2 atom stereocenters. The highest BCUT2D eigenvalue weighted by Gasteiger charge is 2.40. The molecule has 33 heavy (non-hydrogen) atoms. The van der Waals surface area contributed by atoms with E-state index in [0.29, 0.717) is 19.4 Å². The molecule has 0 radical (unpaired) electrons. The molecule has 0 unspecified atom stereocenters. The first-order valence-electron chi connectivity index (χ1n) is 11.2. The Morgan fingerprint density at radius 3 is 2.64 bits per heavy atom. The van der Waals surface area contributed by atoms with E-state index in [-0.39, 0.29) is 35.6 Å². The minimum Gasteiger partial charge on any atom is -0.493 e. The molecule has 1 fully saturated rings. The Bertz CT molecular complexity index is 957. The van der Waals surface area contributed by atoms with E-state index in [1.165, 1.54) is 16.7 Å². The number of halogens is 3. The largest absolute Gasteiger partial charge is 0.493 e. The first-order valence-corrected chi connectivity index (χ1v) is 11.2. The van der Waals surface area contributed by atoms with Crippen molar-refractivity contribution in [2.24, 2.45) is 11.5 Å². The van der Waals surface area contributed by atoms with Crippen LogP contribution in [0.5, 0.6) is 5.75 Å². The van der Waals surface area contributed by atoms with E-state index in [2.05, 4.69) is 17.1 Å². The highest BCUT2D eigenvalue weighted by Crippen LogP contribution is 2.39. The van der Waals surface area contributed by atoms with Crippen molar-refractivity contribution < 1.29 is 32.1 Å². The highest BCUT2D eigenvalue weighted by atomic mass is 19.4. The number of aliphatic hydroxyl groups is 1. The first-order chi connectivity index (χ1) is 15.7. The maximum Gasteiger partial charge on any atom is 0.419 e. The molecular weight excluding hydrogens is 439 g/mol. The minimum absolute atomic E-state index is 0.0116. The lowest BCUT2D eigenvalue weighted by Crippen LogP contribution is -2.37. The van der Waals surface area contributed by atoms with Crippen molar-refractivity contribution in [2.45, 2.75) is 70.2 Å². The molecule has 0 amide bonds. The maximum atomic E-state index is 13.7. The van der Waals surface area contributed by atoms with E-state index < -0.39 is 23.9 Å². The zero-order valence-corrected chi connectivity index (χ0v) is 18.6. The fourth-order valence-electron chi connectivity index (χ4n) is 3.92. The summed E-state index contributed by atoms with van der Waals surface area (Å²) in [5.41, 5.74) is 10.5. The quantitative estimate of drug-likeness (QED) is 0.275. The number of nitrogens with two attached hydrogens (primary N) is 2. The molecule has 0 bridgehead atoms. The summed E-state index contributed by atoms with van der Waals surface area (Å²) < 4.78 is 53.3. The van der Waals surface area contributed by atoms with Crippen molar-refractivity contribution in [1.29, 1.82) is 0 Å². The van der Waals surface area contributed by atoms with Crippen LogP contribution < -0.4 is 16.2 Å².